The number of alkyl halides is 3. The van der Waals surface area contributed by atoms with Crippen LogP contribution < -0.4 is 5.11 Å². The van der Waals surface area contributed by atoms with Crippen molar-refractivity contribution in [2.45, 2.75) is 20.0 Å². The number of carboxylic acids is 1. The van der Waals surface area contributed by atoms with Gasteiger partial charge in [0, 0.05) is 18.0 Å². The third-order valence-electron chi connectivity index (χ3n) is 2.98. The van der Waals surface area contributed by atoms with E-state index in [2.05, 4.69) is 4.74 Å². The van der Waals surface area contributed by atoms with E-state index in [1.807, 2.05) is 0 Å². The molecule has 0 aromatic heterocycles. The second-order valence-corrected chi connectivity index (χ2v) is 4.73. The zero-order chi connectivity index (χ0) is 14.1. The minimum absolute atomic E-state index is 0.430. The third kappa shape index (κ3) is 3.48. The van der Waals surface area contributed by atoms with Crippen molar-refractivity contribution in [3.63, 3.8) is 0 Å². The molecular formula is C11H12F3O4-. The molecule has 0 spiro atoms. The highest BCUT2D eigenvalue weighted by Crippen LogP contribution is 2.58. The molecule has 1 fully saturated rings. The number of carbonyl (C=O) groups excluding carboxylic acids is 2. The summed E-state index contributed by atoms with van der Waals surface area (Å²) in [6.45, 7) is 1.68. The number of rotatable bonds is 4. The average molecular weight is 265 g/mol. The van der Waals surface area contributed by atoms with E-state index in [9.17, 15) is 27.9 Å². The maximum Gasteiger partial charge on any atom is 0.422 e. The van der Waals surface area contributed by atoms with Crippen molar-refractivity contribution in [2.75, 3.05) is 6.61 Å². The SMILES string of the molecule is CC1(C)C(/C=C\C(=O)OCC(F)(F)F)C1C(=O)[O-]. The average Bonchev–Trinajstić information content (AvgIpc) is 2.73. The van der Waals surface area contributed by atoms with Crippen LogP contribution in [0.1, 0.15) is 13.8 Å². The Morgan fingerprint density at radius 3 is 2.33 bits per heavy atom. The first-order chi connectivity index (χ1) is 8.05. The van der Waals surface area contributed by atoms with Crippen LogP contribution in [0.25, 0.3) is 0 Å². The predicted molar refractivity (Wildman–Crippen MR) is 51.9 cm³/mol. The number of carbonyl (C=O) groups is 2. The maximum absolute atomic E-state index is 11.7. The molecular weight excluding hydrogens is 253 g/mol. The van der Waals surface area contributed by atoms with E-state index < -0.39 is 42.0 Å². The predicted octanol–water partition coefficient (Wildman–Crippen LogP) is 0.670. The molecule has 7 heteroatoms. The minimum atomic E-state index is -4.57. The Kier molecular flexibility index (Phi) is 3.73. The van der Waals surface area contributed by atoms with E-state index in [4.69, 9.17) is 0 Å². The van der Waals surface area contributed by atoms with Crippen molar-refractivity contribution in [3.8, 4) is 0 Å². The molecule has 1 saturated carbocycles. The van der Waals surface area contributed by atoms with Crippen LogP contribution in [0.3, 0.4) is 0 Å². The number of aliphatic carboxylic acids is 1. The fraction of sp³-hybridized carbons (Fsp3) is 0.636. The summed E-state index contributed by atoms with van der Waals surface area (Å²) in [6.07, 6.45) is -2.50. The largest absolute Gasteiger partial charge is 0.550 e. The maximum atomic E-state index is 11.7. The summed E-state index contributed by atoms with van der Waals surface area (Å²) in [6, 6.07) is 0. The summed E-state index contributed by atoms with van der Waals surface area (Å²) in [7, 11) is 0. The Morgan fingerprint density at radius 1 is 1.39 bits per heavy atom. The van der Waals surface area contributed by atoms with Crippen LogP contribution in [0.2, 0.25) is 0 Å². The van der Waals surface area contributed by atoms with Crippen molar-refractivity contribution in [3.05, 3.63) is 12.2 Å². The van der Waals surface area contributed by atoms with Gasteiger partial charge in [-0.2, -0.15) is 13.2 Å². The molecule has 1 aliphatic rings. The smallest absolute Gasteiger partial charge is 0.422 e. The van der Waals surface area contributed by atoms with E-state index in [0.29, 0.717) is 0 Å². The van der Waals surface area contributed by atoms with Gasteiger partial charge in [-0.05, 0) is 11.3 Å². The standard InChI is InChI=1S/C11H13F3O4/c1-10(2)6(8(10)9(16)17)3-4-7(15)18-5-11(12,13)14/h3-4,6,8H,5H2,1-2H3,(H,16,17)/p-1/b4-3-. The van der Waals surface area contributed by atoms with Crippen LogP contribution in [0, 0.1) is 17.3 Å². The number of allylic oxidation sites excluding steroid dienone is 1. The van der Waals surface area contributed by atoms with Gasteiger partial charge in [0.15, 0.2) is 6.61 Å². The lowest BCUT2D eigenvalue weighted by molar-refractivity contribution is -0.309. The van der Waals surface area contributed by atoms with Crippen molar-refractivity contribution in [2.24, 2.45) is 17.3 Å². The van der Waals surface area contributed by atoms with Gasteiger partial charge in [0.1, 0.15) is 0 Å². The summed E-state index contributed by atoms with van der Waals surface area (Å²) in [4.78, 5) is 21.6. The Bertz CT molecular complexity index is 384. The molecule has 4 nitrogen and oxygen atoms in total. The van der Waals surface area contributed by atoms with Crippen molar-refractivity contribution in [1.29, 1.82) is 0 Å². The molecule has 0 heterocycles. The van der Waals surface area contributed by atoms with Crippen molar-refractivity contribution in [1.82, 2.24) is 0 Å². The molecule has 102 valence electrons. The van der Waals surface area contributed by atoms with Gasteiger partial charge in [0.05, 0.1) is 0 Å². The zero-order valence-corrected chi connectivity index (χ0v) is 9.78. The highest BCUT2D eigenvalue weighted by atomic mass is 19.4. The van der Waals surface area contributed by atoms with E-state index in [0.717, 1.165) is 6.08 Å². The lowest BCUT2D eigenvalue weighted by atomic mass is 10.1. The van der Waals surface area contributed by atoms with Gasteiger partial charge in [-0.1, -0.05) is 19.9 Å². The number of esters is 1. The van der Waals surface area contributed by atoms with Crippen molar-refractivity contribution >= 4 is 11.9 Å². The molecule has 0 aromatic carbocycles. The van der Waals surface area contributed by atoms with Gasteiger partial charge in [0.25, 0.3) is 0 Å². The molecule has 2 atom stereocenters. The van der Waals surface area contributed by atoms with E-state index in [-0.39, 0.29) is 0 Å². The van der Waals surface area contributed by atoms with Gasteiger partial charge < -0.3 is 14.6 Å². The monoisotopic (exact) mass is 265 g/mol. The number of ether oxygens (including phenoxy) is 1. The summed E-state index contributed by atoms with van der Waals surface area (Å²) >= 11 is 0. The van der Waals surface area contributed by atoms with Crippen LogP contribution in [0.15, 0.2) is 12.2 Å². The summed E-state index contributed by atoms with van der Waals surface area (Å²) in [5.74, 6) is -3.55. The molecule has 0 saturated heterocycles. The molecule has 0 amide bonds. The topological polar surface area (TPSA) is 66.4 Å². The van der Waals surface area contributed by atoms with Gasteiger partial charge >= 0.3 is 12.1 Å². The van der Waals surface area contributed by atoms with E-state index in [1.165, 1.54) is 6.08 Å². The molecule has 1 rings (SSSR count). The Hall–Kier alpha value is -1.53. The van der Waals surface area contributed by atoms with Gasteiger partial charge in [-0.25, -0.2) is 4.79 Å². The summed E-state index contributed by atoms with van der Waals surface area (Å²) in [5.41, 5.74) is -0.556. The van der Waals surface area contributed by atoms with Gasteiger partial charge in [0.2, 0.25) is 0 Å². The summed E-state index contributed by atoms with van der Waals surface area (Å²) in [5, 5.41) is 10.7. The molecule has 2 unspecified atom stereocenters. The summed E-state index contributed by atoms with van der Waals surface area (Å²) < 4.78 is 39.1. The lowest BCUT2D eigenvalue weighted by Crippen LogP contribution is -2.26. The first-order valence-corrected chi connectivity index (χ1v) is 5.18. The number of carboxylic acid groups (broad SMARTS) is 1. The molecule has 0 N–H and O–H groups in total. The molecule has 1 aliphatic carbocycles. The van der Waals surface area contributed by atoms with E-state index in [1.54, 1.807) is 13.8 Å². The molecule has 0 radical (unpaired) electrons. The van der Waals surface area contributed by atoms with Crippen LogP contribution in [-0.2, 0) is 14.3 Å². The van der Waals surface area contributed by atoms with E-state index >= 15 is 0 Å². The highest BCUT2D eigenvalue weighted by Gasteiger charge is 2.56. The van der Waals surface area contributed by atoms with Gasteiger partial charge in [-0.3, -0.25) is 0 Å². The lowest BCUT2D eigenvalue weighted by Gasteiger charge is -2.05. The Morgan fingerprint density at radius 2 is 1.94 bits per heavy atom. The number of hydrogen-bond donors (Lipinski definition) is 0. The van der Waals surface area contributed by atoms with Crippen LogP contribution in [-0.4, -0.2) is 24.7 Å². The zero-order valence-electron chi connectivity index (χ0n) is 9.78. The quantitative estimate of drug-likeness (QED) is 0.553. The van der Waals surface area contributed by atoms with Crippen LogP contribution in [0.5, 0.6) is 0 Å². The molecule has 0 aliphatic heterocycles. The normalized spacial score (nSPS) is 26.1. The number of halogens is 3. The van der Waals surface area contributed by atoms with Gasteiger partial charge in [-0.15, -0.1) is 0 Å². The highest BCUT2D eigenvalue weighted by molar-refractivity contribution is 5.82. The fourth-order valence-corrected chi connectivity index (χ4v) is 1.87. The van der Waals surface area contributed by atoms with Crippen molar-refractivity contribution < 1.29 is 32.6 Å². The fourth-order valence-electron chi connectivity index (χ4n) is 1.87. The molecule has 0 aromatic rings. The number of hydrogen-bond acceptors (Lipinski definition) is 4. The Labute approximate surface area is 101 Å². The molecule has 18 heavy (non-hydrogen) atoms. The van der Waals surface area contributed by atoms with Crippen LogP contribution >= 0.6 is 0 Å². The molecule has 0 bridgehead atoms. The third-order valence-corrected chi connectivity index (χ3v) is 2.98. The first-order valence-electron chi connectivity index (χ1n) is 5.18. The second-order valence-electron chi connectivity index (χ2n) is 4.73. The van der Waals surface area contributed by atoms with Crippen LogP contribution in [0.4, 0.5) is 13.2 Å². The minimum Gasteiger partial charge on any atom is -0.550 e. The Balaban J connectivity index is 2.47. The second kappa shape index (κ2) is 4.62. The first kappa shape index (κ1) is 14.5.